The fraction of sp³-hybridized carbons (Fsp3) is 0.444. The molecule has 0 bridgehead atoms. The number of β-amino-alcohol motifs (C(OH)–C–C–N with tert-alkyl or cyclic N) is 1. The van der Waals surface area contributed by atoms with Crippen LogP contribution in [-0.2, 0) is 6.42 Å². The number of aromatic nitrogens is 4. The molecule has 1 aliphatic rings. The maximum Gasteiger partial charge on any atom is 0.257 e. The Morgan fingerprint density at radius 1 is 1.42 bits per heavy atom. The van der Waals surface area contributed by atoms with Crippen LogP contribution >= 0.6 is 0 Å². The summed E-state index contributed by atoms with van der Waals surface area (Å²) in [7, 11) is 0. The van der Waals surface area contributed by atoms with E-state index in [-0.39, 0.29) is 18.9 Å². The number of hydrogen-bond acceptors (Lipinski definition) is 6. The van der Waals surface area contributed by atoms with Crippen molar-refractivity contribution >= 4 is 11.4 Å². The summed E-state index contributed by atoms with van der Waals surface area (Å²) in [4.78, 5) is 18.9. The van der Waals surface area contributed by atoms with E-state index in [0.29, 0.717) is 36.7 Å². The second-order valence-electron chi connectivity index (χ2n) is 7.06. The standard InChI is InChI=1S/C18H21N5O3/c1-12-4-7-23-15(8-12)14(10-19-23)17(24)22-6-3-5-18(25,11-22)9-16-20-13(2)21-26-16/h4,7-8,10,25H,3,5-6,9,11H2,1-2H3. The molecule has 4 heterocycles. The van der Waals surface area contributed by atoms with Gasteiger partial charge in [0.05, 0.1) is 35.8 Å². The first-order chi connectivity index (χ1) is 12.4. The summed E-state index contributed by atoms with van der Waals surface area (Å²) in [6, 6.07) is 3.89. The number of amides is 1. The summed E-state index contributed by atoms with van der Waals surface area (Å²) >= 11 is 0. The summed E-state index contributed by atoms with van der Waals surface area (Å²) in [5.41, 5.74) is 1.32. The van der Waals surface area contributed by atoms with Crippen LogP contribution in [0.4, 0.5) is 0 Å². The Balaban J connectivity index is 1.56. The molecule has 1 fully saturated rings. The molecule has 0 spiro atoms. The van der Waals surface area contributed by atoms with E-state index < -0.39 is 5.60 Å². The number of fused-ring (bicyclic) bond motifs is 1. The second-order valence-corrected chi connectivity index (χ2v) is 7.06. The lowest BCUT2D eigenvalue weighted by atomic mass is 9.89. The van der Waals surface area contributed by atoms with Gasteiger partial charge in [0.25, 0.3) is 5.91 Å². The Morgan fingerprint density at radius 3 is 3.04 bits per heavy atom. The predicted molar refractivity (Wildman–Crippen MR) is 92.8 cm³/mol. The zero-order chi connectivity index (χ0) is 18.3. The third-order valence-corrected chi connectivity index (χ3v) is 4.80. The Labute approximate surface area is 150 Å². The molecule has 0 radical (unpaired) electrons. The highest BCUT2D eigenvalue weighted by Gasteiger charge is 2.37. The van der Waals surface area contributed by atoms with Crippen molar-refractivity contribution in [3.63, 3.8) is 0 Å². The molecular weight excluding hydrogens is 334 g/mol. The van der Waals surface area contributed by atoms with Crippen molar-refractivity contribution in [3.8, 4) is 0 Å². The molecular formula is C18H21N5O3. The number of nitrogens with zero attached hydrogens (tertiary/aromatic N) is 5. The first-order valence-corrected chi connectivity index (χ1v) is 8.68. The number of likely N-dealkylation sites (tertiary alicyclic amines) is 1. The molecule has 136 valence electrons. The first kappa shape index (κ1) is 16.7. The van der Waals surface area contributed by atoms with Gasteiger partial charge >= 0.3 is 0 Å². The minimum atomic E-state index is -1.06. The van der Waals surface area contributed by atoms with Crippen LogP contribution in [0.1, 0.15) is 40.5 Å². The van der Waals surface area contributed by atoms with Gasteiger partial charge in [-0.1, -0.05) is 5.16 Å². The van der Waals surface area contributed by atoms with E-state index in [1.807, 2.05) is 25.3 Å². The van der Waals surface area contributed by atoms with Gasteiger partial charge in [0.1, 0.15) is 0 Å². The number of piperidine rings is 1. The van der Waals surface area contributed by atoms with E-state index in [1.54, 1.807) is 22.5 Å². The minimum absolute atomic E-state index is 0.120. The van der Waals surface area contributed by atoms with Crippen LogP contribution in [0.15, 0.2) is 29.0 Å². The fourth-order valence-electron chi connectivity index (χ4n) is 3.54. The molecule has 0 aliphatic carbocycles. The molecule has 8 heteroatoms. The molecule has 1 saturated heterocycles. The highest BCUT2D eigenvalue weighted by Crippen LogP contribution is 2.27. The van der Waals surface area contributed by atoms with Crippen LogP contribution in [-0.4, -0.2) is 54.4 Å². The van der Waals surface area contributed by atoms with Crippen molar-refractivity contribution in [2.24, 2.45) is 0 Å². The van der Waals surface area contributed by atoms with Gasteiger partial charge < -0.3 is 14.5 Å². The summed E-state index contributed by atoms with van der Waals surface area (Å²) < 4.78 is 6.83. The van der Waals surface area contributed by atoms with Crippen molar-refractivity contribution in [2.45, 2.75) is 38.7 Å². The van der Waals surface area contributed by atoms with Gasteiger partial charge in [0.2, 0.25) is 5.89 Å². The van der Waals surface area contributed by atoms with Crippen LogP contribution in [0, 0.1) is 13.8 Å². The average molecular weight is 355 g/mol. The average Bonchev–Trinajstić information content (AvgIpc) is 3.19. The van der Waals surface area contributed by atoms with Gasteiger partial charge in [-0.3, -0.25) is 4.79 Å². The van der Waals surface area contributed by atoms with Gasteiger partial charge in [0, 0.05) is 12.7 Å². The molecule has 8 nitrogen and oxygen atoms in total. The van der Waals surface area contributed by atoms with Crippen LogP contribution in [0.2, 0.25) is 0 Å². The number of aryl methyl sites for hydroxylation is 2. The van der Waals surface area contributed by atoms with Crippen molar-refractivity contribution < 1.29 is 14.4 Å². The zero-order valence-corrected chi connectivity index (χ0v) is 14.8. The molecule has 1 aliphatic heterocycles. The van der Waals surface area contributed by atoms with Crippen LogP contribution in [0.25, 0.3) is 5.52 Å². The van der Waals surface area contributed by atoms with Crippen molar-refractivity contribution in [1.29, 1.82) is 0 Å². The lowest BCUT2D eigenvalue weighted by Gasteiger charge is -2.38. The van der Waals surface area contributed by atoms with Gasteiger partial charge in [-0.05, 0) is 44.4 Å². The monoisotopic (exact) mass is 355 g/mol. The minimum Gasteiger partial charge on any atom is -0.388 e. The van der Waals surface area contributed by atoms with Gasteiger partial charge in [-0.25, -0.2) is 4.52 Å². The maximum absolute atomic E-state index is 13.0. The van der Waals surface area contributed by atoms with E-state index in [4.69, 9.17) is 4.52 Å². The quantitative estimate of drug-likeness (QED) is 0.765. The SMILES string of the molecule is Cc1ccn2ncc(C(=O)N3CCCC(O)(Cc4nc(C)no4)C3)c2c1. The second kappa shape index (κ2) is 6.21. The Bertz CT molecular complexity index is 963. The van der Waals surface area contributed by atoms with E-state index in [0.717, 1.165) is 11.1 Å². The largest absolute Gasteiger partial charge is 0.388 e. The lowest BCUT2D eigenvalue weighted by molar-refractivity contribution is -0.0286. The highest BCUT2D eigenvalue weighted by molar-refractivity contribution is 6.00. The Kier molecular flexibility index (Phi) is 3.99. The summed E-state index contributed by atoms with van der Waals surface area (Å²) in [6.07, 6.45) is 4.98. The first-order valence-electron chi connectivity index (χ1n) is 8.68. The Hall–Kier alpha value is -2.74. The summed E-state index contributed by atoms with van der Waals surface area (Å²) in [5.74, 6) is 0.811. The molecule has 3 aromatic heterocycles. The fourth-order valence-corrected chi connectivity index (χ4v) is 3.54. The number of hydrogen-bond donors (Lipinski definition) is 1. The third kappa shape index (κ3) is 3.08. The molecule has 1 unspecified atom stereocenters. The van der Waals surface area contributed by atoms with Gasteiger partial charge in [0.15, 0.2) is 5.82 Å². The summed E-state index contributed by atoms with van der Waals surface area (Å²) in [6.45, 7) is 4.55. The zero-order valence-electron chi connectivity index (χ0n) is 14.8. The molecule has 1 N–H and O–H groups in total. The molecule has 1 atom stereocenters. The number of aliphatic hydroxyl groups is 1. The topological polar surface area (TPSA) is 96.8 Å². The van der Waals surface area contributed by atoms with Crippen molar-refractivity contribution in [2.75, 3.05) is 13.1 Å². The van der Waals surface area contributed by atoms with Crippen molar-refractivity contribution in [3.05, 3.63) is 47.4 Å². The van der Waals surface area contributed by atoms with Crippen LogP contribution in [0.5, 0.6) is 0 Å². The number of pyridine rings is 1. The smallest absolute Gasteiger partial charge is 0.257 e. The molecule has 3 aromatic rings. The van der Waals surface area contributed by atoms with E-state index in [1.165, 1.54) is 0 Å². The van der Waals surface area contributed by atoms with Crippen molar-refractivity contribution in [1.82, 2.24) is 24.7 Å². The predicted octanol–water partition coefficient (Wildman–Crippen LogP) is 1.54. The maximum atomic E-state index is 13.0. The highest BCUT2D eigenvalue weighted by atomic mass is 16.5. The molecule has 0 saturated carbocycles. The van der Waals surface area contributed by atoms with Crippen LogP contribution < -0.4 is 0 Å². The molecule has 4 rings (SSSR count). The van der Waals surface area contributed by atoms with E-state index in [9.17, 15) is 9.90 Å². The Morgan fingerprint density at radius 2 is 2.27 bits per heavy atom. The molecule has 1 amide bonds. The lowest BCUT2D eigenvalue weighted by Crippen LogP contribution is -2.51. The number of rotatable bonds is 3. The normalized spacial score (nSPS) is 20.7. The molecule has 0 aromatic carbocycles. The summed E-state index contributed by atoms with van der Waals surface area (Å²) in [5, 5.41) is 19.0. The van der Waals surface area contributed by atoms with E-state index in [2.05, 4.69) is 15.2 Å². The molecule has 26 heavy (non-hydrogen) atoms. The van der Waals surface area contributed by atoms with E-state index >= 15 is 0 Å². The number of carbonyl (C=O) groups is 1. The van der Waals surface area contributed by atoms with Crippen LogP contribution in [0.3, 0.4) is 0 Å². The number of carbonyl (C=O) groups excluding carboxylic acids is 1. The van der Waals surface area contributed by atoms with Gasteiger partial charge in [-0.15, -0.1) is 0 Å². The third-order valence-electron chi connectivity index (χ3n) is 4.80. The van der Waals surface area contributed by atoms with Gasteiger partial charge in [-0.2, -0.15) is 10.1 Å².